The molecule has 0 aliphatic carbocycles. The van der Waals surface area contributed by atoms with Gasteiger partial charge in [-0.2, -0.15) is 0 Å². The van der Waals surface area contributed by atoms with Crippen LogP contribution in [-0.2, 0) is 4.74 Å². The zero-order chi connectivity index (χ0) is 5.98. The van der Waals surface area contributed by atoms with Gasteiger partial charge in [0, 0.05) is 6.61 Å². The van der Waals surface area contributed by atoms with E-state index in [0.29, 0.717) is 13.2 Å². The Bertz CT molecular complexity index is 66.8. The van der Waals surface area contributed by atoms with Gasteiger partial charge in [-0.3, -0.25) is 0 Å². The van der Waals surface area contributed by atoms with Crippen LogP contribution in [0.1, 0.15) is 6.42 Å². The van der Waals surface area contributed by atoms with Gasteiger partial charge in [-0.15, -0.1) is 11.6 Å². The average molecular weight is 137 g/mol. The fourth-order valence-electron chi connectivity index (χ4n) is 0.697. The highest BCUT2D eigenvalue weighted by atomic mass is 35.5. The second-order valence-corrected chi connectivity index (χ2v) is 2.51. The summed E-state index contributed by atoms with van der Waals surface area (Å²) in [6.07, 6.45) is 0.313. The quantitative estimate of drug-likeness (QED) is 0.488. The second-order valence-electron chi connectivity index (χ2n) is 1.95. The minimum Gasteiger partial charge on any atom is -0.389 e. The van der Waals surface area contributed by atoms with Gasteiger partial charge in [0.1, 0.15) is 0 Å². The summed E-state index contributed by atoms with van der Waals surface area (Å²) in [5, 5.41) is 8.83. The van der Waals surface area contributed by atoms with Crippen LogP contribution < -0.4 is 0 Å². The van der Waals surface area contributed by atoms with E-state index in [1.54, 1.807) is 0 Å². The molecule has 3 heteroatoms. The van der Waals surface area contributed by atoms with Gasteiger partial charge in [-0.25, -0.2) is 0 Å². The lowest BCUT2D eigenvalue weighted by atomic mass is 10.2. The molecule has 1 fully saturated rings. The molecule has 48 valence electrons. The lowest BCUT2D eigenvalue weighted by molar-refractivity contribution is -0.00228. The maximum atomic E-state index is 8.92. The monoisotopic (exact) mass is 136 g/mol. The third kappa shape index (κ3) is 1.34. The summed E-state index contributed by atoms with van der Waals surface area (Å²) in [6.45, 7) is 1.08. The topological polar surface area (TPSA) is 29.5 Å². The first kappa shape index (κ1) is 6.33. The minimum absolute atomic E-state index is 0.0938. The maximum Gasteiger partial charge on any atom is 0.0937 e. The zero-order valence-corrected chi connectivity index (χ0v) is 5.27. The molecule has 0 amide bonds. The molecule has 0 saturated carbocycles. The molecule has 2 nitrogen and oxygen atoms in total. The Kier molecular flexibility index (Phi) is 2.11. The van der Waals surface area contributed by atoms with Crippen molar-refractivity contribution in [3.05, 3.63) is 0 Å². The number of hydrogen-bond donors (Lipinski definition) is 1. The van der Waals surface area contributed by atoms with Crippen molar-refractivity contribution in [2.75, 3.05) is 13.2 Å². The van der Waals surface area contributed by atoms with Crippen molar-refractivity contribution in [2.45, 2.75) is 17.9 Å². The normalized spacial score (nSPS) is 39.8. The van der Waals surface area contributed by atoms with Crippen LogP contribution in [0.25, 0.3) is 0 Å². The van der Waals surface area contributed by atoms with Crippen molar-refractivity contribution >= 4 is 11.6 Å². The molecule has 0 unspecified atom stereocenters. The largest absolute Gasteiger partial charge is 0.389 e. The van der Waals surface area contributed by atoms with Gasteiger partial charge in [-0.1, -0.05) is 0 Å². The van der Waals surface area contributed by atoms with E-state index in [0.717, 1.165) is 6.42 Å². The summed E-state index contributed by atoms with van der Waals surface area (Å²) in [4.78, 5) is 0. The van der Waals surface area contributed by atoms with Crippen LogP contribution in [0, 0.1) is 0 Å². The third-order valence-corrected chi connectivity index (χ3v) is 1.75. The first-order valence-corrected chi connectivity index (χ1v) is 3.14. The van der Waals surface area contributed by atoms with Gasteiger partial charge in [-0.05, 0) is 6.42 Å². The van der Waals surface area contributed by atoms with Crippen LogP contribution in [0.3, 0.4) is 0 Å². The summed E-state index contributed by atoms with van der Waals surface area (Å²) in [7, 11) is 0. The van der Waals surface area contributed by atoms with Crippen molar-refractivity contribution in [1.82, 2.24) is 0 Å². The predicted octanol–water partition coefficient (Wildman–Crippen LogP) is 0.375. The van der Waals surface area contributed by atoms with E-state index in [1.807, 2.05) is 0 Å². The molecule has 0 spiro atoms. The van der Waals surface area contributed by atoms with E-state index in [2.05, 4.69) is 0 Å². The molecule has 2 atom stereocenters. The number of halogens is 1. The minimum atomic E-state index is -0.453. The number of aliphatic hydroxyl groups is 1. The molecule has 1 N–H and O–H groups in total. The summed E-state index contributed by atoms with van der Waals surface area (Å²) in [5.41, 5.74) is 0. The van der Waals surface area contributed by atoms with E-state index < -0.39 is 6.10 Å². The lowest BCUT2D eigenvalue weighted by Gasteiger charge is -2.21. The summed E-state index contributed by atoms with van der Waals surface area (Å²) >= 11 is 5.64. The number of alkyl halides is 1. The molecular weight excluding hydrogens is 128 g/mol. The number of ether oxygens (including phenoxy) is 1. The molecule has 0 aromatic heterocycles. The van der Waals surface area contributed by atoms with Crippen molar-refractivity contribution < 1.29 is 9.84 Å². The van der Waals surface area contributed by atoms with Gasteiger partial charge in [0.2, 0.25) is 0 Å². The van der Waals surface area contributed by atoms with Crippen LogP contribution in [0.5, 0.6) is 0 Å². The Hall–Kier alpha value is 0.210. The highest BCUT2D eigenvalue weighted by Crippen LogP contribution is 2.12. The van der Waals surface area contributed by atoms with Crippen molar-refractivity contribution in [1.29, 1.82) is 0 Å². The standard InChI is InChI=1S/C5H9ClO2/c6-4-1-2-8-3-5(4)7/h4-5,7H,1-3H2/t4-,5+/m1/s1. The smallest absolute Gasteiger partial charge is 0.0937 e. The Morgan fingerprint density at radius 2 is 2.38 bits per heavy atom. The van der Waals surface area contributed by atoms with Crippen LogP contribution in [0.15, 0.2) is 0 Å². The Morgan fingerprint density at radius 3 is 2.75 bits per heavy atom. The highest BCUT2D eigenvalue weighted by molar-refractivity contribution is 6.21. The van der Waals surface area contributed by atoms with Crippen LogP contribution >= 0.6 is 11.6 Å². The van der Waals surface area contributed by atoms with Crippen molar-refractivity contribution in [3.63, 3.8) is 0 Å². The first-order chi connectivity index (χ1) is 3.80. The van der Waals surface area contributed by atoms with Crippen molar-refractivity contribution in [3.8, 4) is 0 Å². The first-order valence-electron chi connectivity index (χ1n) is 2.70. The van der Waals surface area contributed by atoms with E-state index in [4.69, 9.17) is 21.4 Å². The van der Waals surface area contributed by atoms with Gasteiger partial charge in [0.05, 0.1) is 18.1 Å². The third-order valence-electron chi connectivity index (χ3n) is 1.24. The molecule has 1 saturated heterocycles. The molecule has 0 radical (unpaired) electrons. The molecule has 0 aromatic carbocycles. The van der Waals surface area contributed by atoms with Gasteiger partial charge in [0.25, 0.3) is 0 Å². The van der Waals surface area contributed by atoms with Gasteiger partial charge < -0.3 is 9.84 Å². The molecule has 1 aliphatic heterocycles. The van der Waals surface area contributed by atoms with E-state index in [9.17, 15) is 0 Å². The number of hydrogen-bond acceptors (Lipinski definition) is 2. The summed E-state index contributed by atoms with van der Waals surface area (Å²) < 4.78 is 4.92. The summed E-state index contributed by atoms with van der Waals surface area (Å²) in [5.74, 6) is 0. The SMILES string of the molecule is O[C@H]1COCC[C@H]1Cl. The molecule has 8 heavy (non-hydrogen) atoms. The Balaban J connectivity index is 2.28. The van der Waals surface area contributed by atoms with Crippen LogP contribution in [0.2, 0.25) is 0 Å². The van der Waals surface area contributed by atoms with Crippen LogP contribution in [-0.4, -0.2) is 29.8 Å². The number of aliphatic hydroxyl groups excluding tert-OH is 1. The fraction of sp³-hybridized carbons (Fsp3) is 1.00. The Labute approximate surface area is 53.4 Å². The number of rotatable bonds is 0. The van der Waals surface area contributed by atoms with E-state index in [-0.39, 0.29) is 5.38 Å². The molecule has 1 rings (SSSR count). The lowest BCUT2D eigenvalue weighted by Crippen LogP contribution is -2.32. The molecular formula is C5H9ClO2. The van der Waals surface area contributed by atoms with E-state index in [1.165, 1.54) is 0 Å². The summed E-state index contributed by atoms with van der Waals surface area (Å²) in [6, 6.07) is 0. The van der Waals surface area contributed by atoms with Crippen LogP contribution in [0.4, 0.5) is 0 Å². The Morgan fingerprint density at radius 1 is 1.62 bits per heavy atom. The van der Waals surface area contributed by atoms with Gasteiger partial charge >= 0.3 is 0 Å². The highest BCUT2D eigenvalue weighted by Gasteiger charge is 2.20. The zero-order valence-electron chi connectivity index (χ0n) is 4.51. The van der Waals surface area contributed by atoms with E-state index >= 15 is 0 Å². The molecule has 0 aromatic rings. The van der Waals surface area contributed by atoms with Crippen molar-refractivity contribution in [2.24, 2.45) is 0 Å². The van der Waals surface area contributed by atoms with Gasteiger partial charge in [0.15, 0.2) is 0 Å². The molecule has 1 heterocycles. The molecule has 1 aliphatic rings. The predicted molar refractivity (Wildman–Crippen MR) is 31.1 cm³/mol. The fourth-order valence-corrected chi connectivity index (χ4v) is 0.859. The molecule has 0 bridgehead atoms. The second kappa shape index (κ2) is 2.67. The maximum absolute atomic E-state index is 8.92. The average Bonchev–Trinajstić information content (AvgIpc) is 1.77.